The molecule has 4 amide bonds. The second-order valence-electron chi connectivity index (χ2n) is 12.2. The van der Waals surface area contributed by atoms with Crippen LogP contribution < -0.4 is 31.2 Å². The number of primary amides is 1. The van der Waals surface area contributed by atoms with E-state index in [1.165, 1.54) is 30.5 Å². The van der Waals surface area contributed by atoms with Crippen molar-refractivity contribution in [1.29, 1.82) is 0 Å². The number of halogens is 2. The number of amides is 4. The van der Waals surface area contributed by atoms with Gasteiger partial charge in [0.2, 0.25) is 5.88 Å². The molecule has 1 aliphatic heterocycles. The van der Waals surface area contributed by atoms with Gasteiger partial charge in [0.15, 0.2) is 0 Å². The van der Waals surface area contributed by atoms with Crippen molar-refractivity contribution in [2.24, 2.45) is 10.1 Å². The molecule has 49 heavy (non-hydrogen) atoms. The summed E-state index contributed by atoms with van der Waals surface area (Å²) in [7, 11) is -3.25. The van der Waals surface area contributed by atoms with E-state index >= 15 is 0 Å². The molecule has 1 aliphatic rings. The van der Waals surface area contributed by atoms with Crippen molar-refractivity contribution in [2.45, 2.75) is 57.4 Å². The number of nitrogens with one attached hydrogen (secondary N) is 3. The summed E-state index contributed by atoms with van der Waals surface area (Å²) in [6, 6.07) is 6.39. The van der Waals surface area contributed by atoms with Crippen LogP contribution in [0.25, 0.3) is 11.1 Å². The average Bonchev–Trinajstić information content (AvgIpc) is 2.97. The number of fused-ring (bicyclic) bond motifs is 6. The summed E-state index contributed by atoms with van der Waals surface area (Å²) in [6.07, 6.45) is 2.11. The number of carbonyl (C=O) groups is 3. The van der Waals surface area contributed by atoms with Gasteiger partial charge in [0.1, 0.15) is 40.7 Å². The third kappa shape index (κ3) is 11.5. The number of nitrogens with zero attached hydrogens (tertiary/aromatic N) is 3. The minimum Gasteiger partial charge on any atom is -0.493 e. The molecule has 0 fully saturated rings. The fourth-order valence-electron chi connectivity index (χ4n) is 4.70. The monoisotopic (exact) mass is 703 g/mol. The van der Waals surface area contributed by atoms with Crippen LogP contribution in [0, 0.1) is 11.6 Å². The fraction of sp³-hybridized carbons (Fsp3) is 0.406. The average molecular weight is 704 g/mol. The Labute approximate surface area is 282 Å². The molecule has 5 N–H and O–H groups in total. The smallest absolute Gasteiger partial charge is 0.408 e. The van der Waals surface area contributed by atoms with Crippen LogP contribution in [0.1, 0.15) is 45.6 Å². The highest BCUT2D eigenvalue weighted by atomic mass is 32.2. The number of hydrogen-bond acceptors (Lipinski definition) is 10. The van der Waals surface area contributed by atoms with E-state index in [4.69, 9.17) is 19.9 Å². The van der Waals surface area contributed by atoms with Crippen LogP contribution in [0.3, 0.4) is 0 Å². The van der Waals surface area contributed by atoms with Crippen molar-refractivity contribution in [3.8, 4) is 22.8 Å². The van der Waals surface area contributed by atoms with E-state index in [-0.39, 0.29) is 67.2 Å². The molecule has 3 aromatic rings. The van der Waals surface area contributed by atoms with Crippen LogP contribution in [0.15, 0.2) is 47.0 Å². The van der Waals surface area contributed by atoms with Crippen molar-refractivity contribution in [2.75, 3.05) is 31.3 Å². The predicted molar refractivity (Wildman–Crippen MR) is 178 cm³/mol. The minimum absolute atomic E-state index is 0.0501. The Balaban J connectivity index is 1.61. The van der Waals surface area contributed by atoms with Gasteiger partial charge in [-0.15, -0.1) is 0 Å². The van der Waals surface area contributed by atoms with Crippen LogP contribution in [0.4, 0.5) is 30.0 Å². The maximum atomic E-state index is 14.9. The molecule has 2 atom stereocenters. The van der Waals surface area contributed by atoms with E-state index in [1.54, 1.807) is 32.9 Å². The number of ether oxygens (including phenoxy) is 3. The summed E-state index contributed by atoms with van der Waals surface area (Å²) < 4.78 is 63.5. The number of benzene rings is 1. The third-order valence-corrected chi connectivity index (χ3v) is 8.11. The van der Waals surface area contributed by atoms with Gasteiger partial charge in [-0.3, -0.25) is 4.79 Å². The largest absolute Gasteiger partial charge is 0.493 e. The van der Waals surface area contributed by atoms with Crippen LogP contribution in [0.2, 0.25) is 0 Å². The summed E-state index contributed by atoms with van der Waals surface area (Å²) >= 11 is 0. The maximum absolute atomic E-state index is 14.9. The first-order chi connectivity index (χ1) is 23.1. The van der Waals surface area contributed by atoms with Gasteiger partial charge in [0, 0.05) is 42.5 Å². The molecule has 0 spiro atoms. The standard InChI is InChI=1S/C32H39F2N7O7S/c1-32(2,3)48-31(44)38-24(7-5-10-36-30(35)43)29(42)41-49(4,45)18-19-13-27-39-26-16-22(23(34)17-37-26)21-9-8-20(33)15-25(21)46-11-6-12-47-28(14-19)40-27/h8-9,13-17,24H,5-7,10-12,18H2,1-4H3,(H,38,44)(H3,35,36,43)(H,37,39,40)/t24-,49?/m0/s1. The van der Waals surface area contributed by atoms with E-state index in [0.29, 0.717) is 17.5 Å². The quantitative estimate of drug-likeness (QED) is 0.237. The second kappa shape index (κ2) is 15.9. The normalized spacial score (nSPS) is 14.6. The van der Waals surface area contributed by atoms with Crippen molar-refractivity contribution < 1.29 is 41.6 Å². The number of hydrogen-bond donors (Lipinski definition) is 4. The molecule has 4 rings (SSSR count). The lowest BCUT2D eigenvalue weighted by Crippen LogP contribution is -2.43. The van der Waals surface area contributed by atoms with Gasteiger partial charge in [0.25, 0.3) is 5.91 Å². The van der Waals surface area contributed by atoms with Gasteiger partial charge in [-0.1, -0.05) is 0 Å². The summed E-state index contributed by atoms with van der Waals surface area (Å²) in [5, 5.41) is 7.87. The SMILES string of the molecule is CC(C)(C)OC(=O)N[C@@H](CCCNC(N)=O)C(=O)N=S(C)(=O)Cc1cc2nc(c1)OCCCOc1cc(F)ccc1-c1cc(ncc1F)N2. The Bertz CT molecular complexity index is 1830. The van der Waals surface area contributed by atoms with Crippen molar-refractivity contribution >= 4 is 39.4 Å². The van der Waals surface area contributed by atoms with E-state index in [2.05, 4.69) is 30.3 Å². The van der Waals surface area contributed by atoms with Crippen molar-refractivity contribution in [3.63, 3.8) is 0 Å². The summed E-state index contributed by atoms with van der Waals surface area (Å²) in [5.74, 6) is -1.52. The molecule has 17 heteroatoms. The van der Waals surface area contributed by atoms with Gasteiger partial charge in [-0.25, -0.2) is 27.6 Å². The Morgan fingerprint density at radius 2 is 1.86 bits per heavy atom. The van der Waals surface area contributed by atoms with E-state index < -0.39 is 51.0 Å². The van der Waals surface area contributed by atoms with Crippen molar-refractivity contribution in [3.05, 3.63) is 59.8 Å². The van der Waals surface area contributed by atoms with E-state index in [0.717, 1.165) is 6.20 Å². The molecule has 2 aromatic heterocycles. The number of carbonyl (C=O) groups excluding carboxylic acids is 3. The highest BCUT2D eigenvalue weighted by molar-refractivity contribution is 7.92. The molecular formula is C32H39F2N7O7S. The third-order valence-electron chi connectivity index (χ3n) is 6.68. The summed E-state index contributed by atoms with van der Waals surface area (Å²) in [4.78, 5) is 45.3. The lowest BCUT2D eigenvalue weighted by Gasteiger charge is -2.22. The number of pyridine rings is 2. The minimum atomic E-state index is -3.25. The van der Waals surface area contributed by atoms with E-state index in [1.807, 2.05) is 0 Å². The Morgan fingerprint density at radius 1 is 1.10 bits per heavy atom. The number of nitrogens with two attached hydrogens (primary N) is 1. The molecule has 3 heterocycles. The summed E-state index contributed by atoms with van der Waals surface area (Å²) in [5.41, 5.74) is 5.14. The van der Waals surface area contributed by atoms with Gasteiger partial charge < -0.3 is 35.9 Å². The molecule has 1 aromatic carbocycles. The first kappa shape index (κ1) is 36.8. The van der Waals surface area contributed by atoms with Gasteiger partial charge in [-0.2, -0.15) is 9.35 Å². The lowest BCUT2D eigenvalue weighted by atomic mass is 10.0. The highest BCUT2D eigenvalue weighted by Crippen LogP contribution is 2.34. The Hall–Kier alpha value is -5.06. The lowest BCUT2D eigenvalue weighted by molar-refractivity contribution is -0.119. The molecule has 0 saturated heterocycles. The number of alkyl carbamates (subject to hydrolysis) is 1. The van der Waals surface area contributed by atoms with Gasteiger partial charge in [-0.05, 0) is 63.4 Å². The maximum Gasteiger partial charge on any atom is 0.408 e. The highest BCUT2D eigenvalue weighted by Gasteiger charge is 2.25. The number of urea groups is 1. The first-order valence-corrected chi connectivity index (χ1v) is 17.4. The first-order valence-electron chi connectivity index (χ1n) is 15.3. The number of anilines is 2. The molecule has 4 bridgehead atoms. The molecule has 0 saturated carbocycles. The molecule has 1 unspecified atom stereocenters. The van der Waals surface area contributed by atoms with Gasteiger partial charge in [0.05, 0.1) is 34.9 Å². The number of aromatic nitrogens is 2. The number of rotatable bonds is 8. The summed E-state index contributed by atoms with van der Waals surface area (Å²) in [6.45, 7) is 5.39. The predicted octanol–water partition coefficient (Wildman–Crippen LogP) is 4.79. The van der Waals surface area contributed by atoms with E-state index in [9.17, 15) is 27.4 Å². The zero-order valence-electron chi connectivity index (χ0n) is 27.5. The zero-order valence-corrected chi connectivity index (χ0v) is 28.3. The van der Waals surface area contributed by atoms with Crippen molar-refractivity contribution in [1.82, 2.24) is 20.6 Å². The zero-order chi connectivity index (χ0) is 35.8. The van der Waals surface area contributed by atoms with Crippen LogP contribution in [-0.4, -0.2) is 69.9 Å². The topological polar surface area (TPSA) is 196 Å². The van der Waals surface area contributed by atoms with Crippen LogP contribution >= 0.6 is 0 Å². The fourth-order valence-corrected chi connectivity index (χ4v) is 6.06. The Morgan fingerprint density at radius 3 is 2.59 bits per heavy atom. The molecular weight excluding hydrogens is 664 g/mol. The molecule has 14 nitrogen and oxygen atoms in total. The molecule has 0 radical (unpaired) electrons. The second-order valence-corrected chi connectivity index (χ2v) is 14.6. The van der Waals surface area contributed by atoms with Gasteiger partial charge >= 0.3 is 12.1 Å². The van der Waals surface area contributed by atoms with Crippen LogP contribution in [-0.2, 0) is 25.0 Å². The molecule has 264 valence electrons. The molecule has 0 aliphatic carbocycles. The van der Waals surface area contributed by atoms with Crippen LogP contribution in [0.5, 0.6) is 11.6 Å². The Kier molecular flexibility index (Phi) is 11.9.